The molecule has 0 aliphatic carbocycles. The average Bonchev–Trinajstić information content (AvgIpc) is 3.37. The van der Waals surface area contributed by atoms with Crippen LogP contribution in [0.5, 0.6) is 0 Å². The van der Waals surface area contributed by atoms with Crippen LogP contribution < -0.4 is 4.72 Å². The van der Waals surface area contributed by atoms with E-state index in [4.69, 9.17) is 11.6 Å². The van der Waals surface area contributed by atoms with Gasteiger partial charge in [0.15, 0.2) is 0 Å². The van der Waals surface area contributed by atoms with E-state index in [0.29, 0.717) is 10.0 Å². The number of H-pyrrole nitrogens is 1. The molecule has 0 bridgehead atoms. The zero-order chi connectivity index (χ0) is 19.6. The summed E-state index contributed by atoms with van der Waals surface area (Å²) in [5.74, 6) is 0. The first kappa shape index (κ1) is 18.8. The van der Waals surface area contributed by atoms with Gasteiger partial charge in [0.1, 0.15) is 10.0 Å². The second-order valence-electron chi connectivity index (χ2n) is 5.93. The van der Waals surface area contributed by atoms with Crippen LogP contribution in [0.15, 0.2) is 71.9 Å². The van der Waals surface area contributed by atoms with Crippen LogP contribution in [0.4, 0.5) is 0 Å². The number of sulfonamides is 1. The van der Waals surface area contributed by atoms with Gasteiger partial charge in [0.25, 0.3) is 0 Å². The van der Waals surface area contributed by atoms with Gasteiger partial charge in [-0.2, -0.15) is 0 Å². The number of nitrogens with zero attached hydrogens (tertiary/aromatic N) is 2. The van der Waals surface area contributed by atoms with Gasteiger partial charge in [-0.1, -0.05) is 53.3 Å². The summed E-state index contributed by atoms with van der Waals surface area (Å²) in [4.78, 5) is 3.25. The van der Waals surface area contributed by atoms with Crippen molar-refractivity contribution in [3.8, 4) is 21.7 Å². The zero-order valence-corrected chi connectivity index (χ0v) is 16.9. The van der Waals surface area contributed by atoms with Crippen molar-refractivity contribution < 1.29 is 8.42 Å². The highest BCUT2D eigenvalue weighted by molar-refractivity contribution is 7.89. The van der Waals surface area contributed by atoms with E-state index in [-0.39, 0.29) is 11.4 Å². The molecule has 0 amide bonds. The van der Waals surface area contributed by atoms with E-state index in [9.17, 15) is 8.42 Å². The lowest BCUT2D eigenvalue weighted by Crippen LogP contribution is -2.23. The molecule has 0 fully saturated rings. The molecule has 0 spiro atoms. The van der Waals surface area contributed by atoms with Gasteiger partial charge in [-0.25, -0.2) is 13.1 Å². The first-order chi connectivity index (χ1) is 13.5. The molecule has 4 rings (SSSR count). The molecule has 0 unspecified atom stereocenters. The van der Waals surface area contributed by atoms with Crippen LogP contribution in [0.1, 0.15) is 5.01 Å². The Hall–Kier alpha value is -2.52. The van der Waals surface area contributed by atoms with Gasteiger partial charge in [0.05, 0.1) is 11.4 Å². The topological polar surface area (TPSA) is 87.7 Å². The zero-order valence-electron chi connectivity index (χ0n) is 14.5. The van der Waals surface area contributed by atoms with Gasteiger partial charge < -0.3 is 4.98 Å². The highest BCUT2D eigenvalue weighted by Gasteiger charge is 2.17. The molecule has 2 aromatic heterocycles. The van der Waals surface area contributed by atoms with Crippen molar-refractivity contribution >= 4 is 33.0 Å². The Labute approximate surface area is 171 Å². The number of benzene rings is 2. The van der Waals surface area contributed by atoms with E-state index in [1.165, 1.54) is 35.6 Å². The largest absolute Gasteiger partial charge is 0.366 e. The molecule has 0 aliphatic heterocycles. The molecule has 4 aromatic rings. The predicted molar refractivity (Wildman–Crippen MR) is 111 cm³/mol. The summed E-state index contributed by atoms with van der Waals surface area (Å²) in [5, 5.41) is 10.1. The smallest absolute Gasteiger partial charge is 0.240 e. The fraction of sp³-hybridized carbons (Fsp3) is 0.0526. The third-order valence-corrected chi connectivity index (χ3v) is 6.69. The van der Waals surface area contributed by atoms with E-state index in [2.05, 4.69) is 19.9 Å². The van der Waals surface area contributed by atoms with Crippen LogP contribution in [-0.4, -0.2) is 23.6 Å². The van der Waals surface area contributed by atoms with Gasteiger partial charge in [-0.3, -0.25) is 0 Å². The van der Waals surface area contributed by atoms with Crippen molar-refractivity contribution in [2.75, 3.05) is 0 Å². The van der Waals surface area contributed by atoms with Crippen molar-refractivity contribution in [1.82, 2.24) is 19.9 Å². The summed E-state index contributed by atoms with van der Waals surface area (Å²) in [6.07, 6.45) is 3.78. The lowest BCUT2D eigenvalue weighted by atomic mass is 10.1. The molecular formula is C19H15ClN4O2S2. The fourth-order valence-corrected chi connectivity index (χ4v) is 4.70. The molecule has 0 radical (unpaired) electrons. The monoisotopic (exact) mass is 430 g/mol. The van der Waals surface area contributed by atoms with E-state index in [1.54, 1.807) is 0 Å². The van der Waals surface area contributed by atoms with Gasteiger partial charge in [0.2, 0.25) is 10.0 Å². The summed E-state index contributed by atoms with van der Waals surface area (Å²) < 4.78 is 27.3. The summed E-state index contributed by atoms with van der Waals surface area (Å²) in [5.41, 5.74) is 3.01. The van der Waals surface area contributed by atoms with Crippen molar-refractivity contribution in [2.45, 2.75) is 11.4 Å². The normalized spacial score (nSPS) is 11.6. The number of hydrogen-bond donors (Lipinski definition) is 2. The maximum absolute atomic E-state index is 12.4. The Kier molecular flexibility index (Phi) is 5.27. The van der Waals surface area contributed by atoms with Crippen LogP contribution in [0, 0.1) is 0 Å². The highest BCUT2D eigenvalue weighted by atomic mass is 35.5. The quantitative estimate of drug-likeness (QED) is 0.476. The molecule has 0 saturated carbocycles. The number of aromatic nitrogens is 3. The van der Waals surface area contributed by atoms with E-state index in [0.717, 1.165) is 21.7 Å². The van der Waals surface area contributed by atoms with Crippen molar-refractivity contribution in [1.29, 1.82) is 0 Å². The molecule has 2 N–H and O–H groups in total. The molecule has 2 aromatic carbocycles. The van der Waals surface area contributed by atoms with Crippen LogP contribution in [0.2, 0.25) is 5.02 Å². The maximum Gasteiger partial charge on any atom is 0.240 e. The summed E-state index contributed by atoms with van der Waals surface area (Å²) in [7, 11) is -3.65. The Morgan fingerprint density at radius 3 is 2.43 bits per heavy atom. The number of rotatable bonds is 6. The van der Waals surface area contributed by atoms with Crippen LogP contribution in [-0.2, 0) is 16.6 Å². The second kappa shape index (κ2) is 7.84. The molecule has 9 heteroatoms. The van der Waals surface area contributed by atoms with E-state index < -0.39 is 10.0 Å². The van der Waals surface area contributed by atoms with E-state index >= 15 is 0 Å². The third kappa shape index (κ3) is 4.00. The molecule has 2 heterocycles. The molecule has 0 saturated heterocycles. The first-order valence-electron chi connectivity index (χ1n) is 8.33. The average molecular weight is 431 g/mol. The molecule has 0 atom stereocenters. The van der Waals surface area contributed by atoms with Crippen molar-refractivity contribution in [3.05, 3.63) is 77.0 Å². The van der Waals surface area contributed by atoms with Crippen LogP contribution >= 0.6 is 22.9 Å². The Morgan fingerprint density at radius 1 is 0.964 bits per heavy atom. The molecule has 6 nitrogen and oxygen atoms in total. The van der Waals surface area contributed by atoms with Crippen LogP contribution in [0.3, 0.4) is 0 Å². The third-order valence-electron chi connectivity index (χ3n) is 4.06. The van der Waals surface area contributed by atoms with Gasteiger partial charge in [-0.05, 0) is 29.8 Å². The minimum atomic E-state index is -3.65. The molecular weight excluding hydrogens is 416 g/mol. The summed E-state index contributed by atoms with van der Waals surface area (Å²) in [6, 6.07) is 16.0. The number of hydrogen-bond acceptors (Lipinski definition) is 5. The Morgan fingerprint density at radius 2 is 1.68 bits per heavy atom. The highest BCUT2D eigenvalue weighted by Crippen LogP contribution is 2.33. The molecule has 142 valence electrons. The first-order valence-corrected chi connectivity index (χ1v) is 11.0. The number of halogens is 1. The SMILES string of the molecule is O=S(=O)(NCc1nnc(-c2c[nH]cc2-c2ccccc2)s1)c1ccc(Cl)cc1. The number of aromatic amines is 1. The van der Waals surface area contributed by atoms with Crippen LogP contribution in [0.25, 0.3) is 21.7 Å². The Balaban J connectivity index is 1.52. The van der Waals surface area contributed by atoms with E-state index in [1.807, 2.05) is 42.7 Å². The summed E-state index contributed by atoms with van der Waals surface area (Å²) in [6.45, 7) is 0.0632. The molecule has 0 aliphatic rings. The lowest BCUT2D eigenvalue weighted by molar-refractivity contribution is 0.581. The van der Waals surface area contributed by atoms with Crippen molar-refractivity contribution in [3.63, 3.8) is 0 Å². The predicted octanol–water partition coefficient (Wildman–Crippen LogP) is 4.33. The second-order valence-corrected chi connectivity index (χ2v) is 9.19. The van der Waals surface area contributed by atoms with Gasteiger partial charge >= 0.3 is 0 Å². The lowest BCUT2D eigenvalue weighted by Gasteiger charge is -2.04. The van der Waals surface area contributed by atoms with Gasteiger partial charge in [0, 0.05) is 28.5 Å². The minimum absolute atomic E-state index is 0.0632. The van der Waals surface area contributed by atoms with Gasteiger partial charge in [-0.15, -0.1) is 10.2 Å². The standard InChI is InChI=1S/C19H15ClN4O2S2/c20-14-6-8-15(9-7-14)28(25,26)22-12-18-23-24-19(27-18)17-11-21-10-16(17)13-4-2-1-3-5-13/h1-11,21-22H,12H2. The maximum atomic E-state index is 12.4. The fourth-order valence-electron chi connectivity index (χ4n) is 2.69. The molecule has 28 heavy (non-hydrogen) atoms. The number of nitrogens with one attached hydrogen (secondary N) is 2. The summed E-state index contributed by atoms with van der Waals surface area (Å²) >= 11 is 7.16. The Bertz CT molecular complexity index is 1190. The van der Waals surface area contributed by atoms with Crippen molar-refractivity contribution in [2.24, 2.45) is 0 Å². The minimum Gasteiger partial charge on any atom is -0.366 e.